The molecule has 0 fully saturated rings. The molecular weight excluding hydrogens is 276 g/mol. The Bertz CT molecular complexity index is 698. The van der Waals surface area contributed by atoms with E-state index < -0.39 is 0 Å². The third-order valence-electron chi connectivity index (χ3n) is 3.40. The molecular formula is C18H20N2S. The molecule has 0 unspecified atom stereocenters. The molecule has 0 aliphatic rings. The van der Waals surface area contributed by atoms with Gasteiger partial charge in [0.2, 0.25) is 0 Å². The first-order chi connectivity index (χ1) is 10.2. The van der Waals surface area contributed by atoms with Crippen LogP contribution in [0.4, 0.5) is 0 Å². The summed E-state index contributed by atoms with van der Waals surface area (Å²) in [6.45, 7) is 5.25. The number of aromatic nitrogens is 1. The van der Waals surface area contributed by atoms with Gasteiger partial charge in [0.05, 0.1) is 5.03 Å². The normalized spacial score (nSPS) is 11.4. The number of nitrogens with one attached hydrogen (secondary N) is 2. The van der Waals surface area contributed by atoms with Gasteiger partial charge in [-0.05, 0) is 23.8 Å². The number of H-pyrrole nitrogens is 1. The number of benzene rings is 2. The van der Waals surface area contributed by atoms with Gasteiger partial charge in [-0.2, -0.15) is 0 Å². The molecule has 2 nitrogen and oxygen atoms in total. The number of hydrogen-bond donors (Lipinski definition) is 2. The van der Waals surface area contributed by atoms with Gasteiger partial charge in [-0.3, -0.25) is 0 Å². The van der Waals surface area contributed by atoms with Gasteiger partial charge in [0.15, 0.2) is 0 Å². The van der Waals surface area contributed by atoms with E-state index in [0.29, 0.717) is 6.04 Å². The lowest BCUT2D eigenvalue weighted by atomic mass is 10.2. The zero-order valence-corrected chi connectivity index (χ0v) is 13.2. The molecule has 0 bridgehead atoms. The molecule has 0 amide bonds. The Labute approximate surface area is 130 Å². The molecule has 0 spiro atoms. The van der Waals surface area contributed by atoms with Crippen molar-refractivity contribution in [2.24, 2.45) is 0 Å². The van der Waals surface area contributed by atoms with Gasteiger partial charge in [-0.1, -0.05) is 62.0 Å². The Morgan fingerprint density at radius 1 is 1.05 bits per heavy atom. The molecule has 0 aliphatic heterocycles. The molecule has 21 heavy (non-hydrogen) atoms. The molecule has 0 radical (unpaired) electrons. The van der Waals surface area contributed by atoms with Crippen molar-refractivity contribution in [3.63, 3.8) is 0 Å². The van der Waals surface area contributed by atoms with Crippen LogP contribution in [0.25, 0.3) is 10.9 Å². The SMILES string of the molecule is CC(C)NCc1ccccc1Sc1cc2ccccc2[nH]1. The van der Waals surface area contributed by atoms with Crippen molar-refractivity contribution in [2.45, 2.75) is 36.4 Å². The average molecular weight is 296 g/mol. The minimum absolute atomic E-state index is 0.496. The van der Waals surface area contributed by atoms with Gasteiger partial charge < -0.3 is 10.3 Å². The quantitative estimate of drug-likeness (QED) is 0.706. The molecule has 0 saturated carbocycles. The van der Waals surface area contributed by atoms with E-state index in [-0.39, 0.29) is 0 Å². The summed E-state index contributed by atoms with van der Waals surface area (Å²) in [5.41, 5.74) is 2.53. The molecule has 1 heterocycles. The number of aromatic amines is 1. The third-order valence-corrected chi connectivity index (χ3v) is 4.46. The molecule has 1 aromatic heterocycles. The van der Waals surface area contributed by atoms with Gasteiger partial charge in [0, 0.05) is 28.4 Å². The molecule has 3 heteroatoms. The summed E-state index contributed by atoms with van der Waals surface area (Å²) >= 11 is 1.80. The smallest absolute Gasteiger partial charge is 0.0780 e. The first kappa shape index (κ1) is 14.2. The zero-order valence-electron chi connectivity index (χ0n) is 12.4. The predicted octanol–water partition coefficient (Wildman–Crippen LogP) is 4.82. The fraction of sp³-hybridized carbons (Fsp3) is 0.222. The van der Waals surface area contributed by atoms with Crippen LogP contribution in [0.1, 0.15) is 19.4 Å². The molecule has 108 valence electrons. The summed E-state index contributed by atoms with van der Waals surface area (Å²) in [6, 6.07) is 19.7. The van der Waals surface area contributed by atoms with Crippen molar-refractivity contribution in [3.05, 3.63) is 60.2 Å². The lowest BCUT2D eigenvalue weighted by Gasteiger charge is -2.11. The number of hydrogen-bond acceptors (Lipinski definition) is 2. The van der Waals surface area contributed by atoms with Gasteiger partial charge >= 0.3 is 0 Å². The van der Waals surface area contributed by atoms with Crippen LogP contribution in [0.15, 0.2) is 64.5 Å². The van der Waals surface area contributed by atoms with Crippen LogP contribution in [0.2, 0.25) is 0 Å². The van der Waals surface area contributed by atoms with Crippen molar-refractivity contribution in [1.29, 1.82) is 0 Å². The summed E-state index contributed by atoms with van der Waals surface area (Å²) in [6.07, 6.45) is 0. The Morgan fingerprint density at radius 3 is 2.62 bits per heavy atom. The van der Waals surface area contributed by atoms with Crippen molar-refractivity contribution < 1.29 is 0 Å². The summed E-state index contributed by atoms with van der Waals surface area (Å²) in [4.78, 5) is 4.78. The van der Waals surface area contributed by atoms with E-state index in [9.17, 15) is 0 Å². The van der Waals surface area contributed by atoms with Crippen LogP contribution in [-0.4, -0.2) is 11.0 Å². The minimum atomic E-state index is 0.496. The standard InChI is InChI=1S/C18H20N2S/c1-13(2)19-12-15-8-4-6-10-17(15)21-18-11-14-7-3-5-9-16(14)20-18/h3-11,13,19-20H,12H2,1-2H3. The molecule has 2 N–H and O–H groups in total. The molecule has 3 aromatic rings. The van der Waals surface area contributed by atoms with E-state index in [2.05, 4.69) is 78.7 Å². The second kappa shape index (κ2) is 6.37. The second-order valence-electron chi connectivity index (χ2n) is 5.47. The second-order valence-corrected chi connectivity index (χ2v) is 6.55. The number of rotatable bonds is 5. The molecule has 0 aliphatic carbocycles. The summed E-state index contributed by atoms with van der Waals surface area (Å²) in [5, 5.41) is 5.94. The van der Waals surface area contributed by atoms with Gasteiger partial charge in [-0.15, -0.1) is 0 Å². The Hall–Kier alpha value is -1.71. The highest BCUT2D eigenvalue weighted by atomic mass is 32.2. The Morgan fingerprint density at radius 2 is 1.81 bits per heavy atom. The van der Waals surface area contributed by atoms with Crippen molar-refractivity contribution >= 4 is 22.7 Å². The highest BCUT2D eigenvalue weighted by Gasteiger charge is 2.07. The Kier molecular flexibility index (Phi) is 4.32. The Balaban J connectivity index is 1.83. The molecule has 3 rings (SSSR count). The maximum atomic E-state index is 3.49. The average Bonchev–Trinajstić information content (AvgIpc) is 2.88. The first-order valence-corrected chi connectivity index (χ1v) is 8.11. The van der Waals surface area contributed by atoms with E-state index in [0.717, 1.165) is 6.54 Å². The van der Waals surface area contributed by atoms with Gasteiger partial charge in [0.1, 0.15) is 0 Å². The fourth-order valence-corrected chi connectivity index (χ4v) is 3.29. The van der Waals surface area contributed by atoms with Crippen LogP contribution in [0.3, 0.4) is 0 Å². The zero-order chi connectivity index (χ0) is 14.7. The highest BCUT2D eigenvalue weighted by Crippen LogP contribution is 2.32. The van der Waals surface area contributed by atoms with Crippen molar-refractivity contribution in [3.8, 4) is 0 Å². The van der Waals surface area contributed by atoms with E-state index >= 15 is 0 Å². The first-order valence-electron chi connectivity index (χ1n) is 7.29. The summed E-state index contributed by atoms with van der Waals surface area (Å²) < 4.78 is 0. The lowest BCUT2D eigenvalue weighted by molar-refractivity contribution is 0.585. The topological polar surface area (TPSA) is 27.8 Å². The summed E-state index contributed by atoms with van der Waals surface area (Å²) in [7, 11) is 0. The molecule has 2 aromatic carbocycles. The predicted molar refractivity (Wildman–Crippen MR) is 90.8 cm³/mol. The maximum absolute atomic E-state index is 3.49. The number of fused-ring (bicyclic) bond motifs is 1. The highest BCUT2D eigenvalue weighted by molar-refractivity contribution is 7.99. The number of para-hydroxylation sites is 1. The van der Waals surface area contributed by atoms with Crippen molar-refractivity contribution in [2.75, 3.05) is 0 Å². The van der Waals surface area contributed by atoms with Crippen LogP contribution < -0.4 is 5.32 Å². The van der Waals surface area contributed by atoms with E-state index in [1.807, 2.05) is 0 Å². The van der Waals surface area contributed by atoms with Crippen LogP contribution in [0.5, 0.6) is 0 Å². The van der Waals surface area contributed by atoms with Crippen LogP contribution in [0, 0.1) is 0 Å². The van der Waals surface area contributed by atoms with Crippen LogP contribution in [-0.2, 0) is 6.54 Å². The van der Waals surface area contributed by atoms with E-state index in [1.54, 1.807) is 11.8 Å². The van der Waals surface area contributed by atoms with E-state index in [4.69, 9.17) is 0 Å². The van der Waals surface area contributed by atoms with Crippen LogP contribution >= 0.6 is 11.8 Å². The summed E-state index contributed by atoms with van der Waals surface area (Å²) in [5.74, 6) is 0. The molecule has 0 atom stereocenters. The van der Waals surface area contributed by atoms with Gasteiger partial charge in [-0.25, -0.2) is 0 Å². The van der Waals surface area contributed by atoms with Gasteiger partial charge in [0.25, 0.3) is 0 Å². The fourth-order valence-electron chi connectivity index (χ4n) is 2.28. The monoisotopic (exact) mass is 296 g/mol. The lowest BCUT2D eigenvalue weighted by Crippen LogP contribution is -2.22. The molecule has 0 saturated heterocycles. The van der Waals surface area contributed by atoms with Crippen molar-refractivity contribution in [1.82, 2.24) is 10.3 Å². The van der Waals surface area contributed by atoms with E-state index in [1.165, 1.54) is 26.4 Å². The minimum Gasteiger partial charge on any atom is -0.349 e. The maximum Gasteiger partial charge on any atom is 0.0780 e. The third kappa shape index (κ3) is 3.49. The largest absolute Gasteiger partial charge is 0.349 e.